The Balaban J connectivity index is 0.000000665. The van der Waals surface area contributed by atoms with Crippen LogP contribution in [-0.4, -0.2) is 12.4 Å². The molecule has 0 amide bonds. The second-order valence-corrected chi connectivity index (χ2v) is 7.33. The molecule has 2 aliphatic carbocycles. The Morgan fingerprint density at radius 1 is 1.19 bits per heavy atom. The number of benzene rings is 2. The van der Waals surface area contributed by atoms with E-state index in [1.165, 1.54) is 25.0 Å². The Morgan fingerprint density at radius 2 is 1.74 bits per heavy atom. The Hall–Kier alpha value is -0.576. The first kappa shape index (κ1) is 24.5. The van der Waals surface area contributed by atoms with Crippen LogP contribution in [0.2, 0.25) is 0 Å². The van der Waals surface area contributed by atoms with Crippen LogP contribution < -0.4 is 4.74 Å². The minimum atomic E-state index is -0.510. The molecule has 0 aromatic heterocycles. The fourth-order valence-electron chi connectivity index (χ4n) is 2.24. The van der Waals surface area contributed by atoms with Crippen molar-refractivity contribution in [3.63, 3.8) is 0 Å². The molecular formula is C22H23BrFO2Y. The van der Waals surface area contributed by atoms with E-state index in [9.17, 15) is 9.18 Å². The third kappa shape index (κ3) is 7.75. The Kier molecular flexibility index (Phi) is 10.4. The Morgan fingerprint density at radius 3 is 2.22 bits per heavy atom. The van der Waals surface area contributed by atoms with E-state index < -0.39 is 5.82 Å². The first-order valence-electron chi connectivity index (χ1n) is 8.42. The molecule has 2 fully saturated rings. The minimum Gasteiger partial charge on any atom is -0.490 e. The monoisotopic (exact) mass is 506 g/mol. The van der Waals surface area contributed by atoms with Gasteiger partial charge in [-0.25, -0.2) is 17.2 Å². The van der Waals surface area contributed by atoms with Crippen LogP contribution in [0.3, 0.4) is 0 Å². The van der Waals surface area contributed by atoms with Crippen molar-refractivity contribution in [1.29, 1.82) is 0 Å². The molecule has 0 radical (unpaired) electrons. The first-order chi connectivity index (χ1) is 12.0. The Labute approximate surface area is 195 Å². The summed E-state index contributed by atoms with van der Waals surface area (Å²) in [5, 5.41) is 0. The zero-order valence-corrected chi connectivity index (χ0v) is 19.9. The van der Waals surface area contributed by atoms with Gasteiger partial charge in [0.2, 0.25) is 0 Å². The molecule has 140 valence electrons. The molecule has 2 nitrogen and oxygen atoms in total. The standard InChI is InChI=1S/C18H15BrFO2.C3H5.CH3.Y/c1-11-8-14(11)10-22-17-7-4-13(9-16(17)20)18(21)12-2-5-15(19)6-3-12;1-2-3-1;;/h2-7,9,11,14H,1,8,10H2;1H,2-3H2;1H3;/q3*-1;+3/t11-,14+;;;/m1.../s1. The van der Waals surface area contributed by atoms with Gasteiger partial charge in [-0.1, -0.05) is 22.4 Å². The predicted molar refractivity (Wildman–Crippen MR) is 106 cm³/mol. The van der Waals surface area contributed by atoms with E-state index >= 15 is 0 Å². The van der Waals surface area contributed by atoms with Crippen LogP contribution in [0.1, 0.15) is 35.2 Å². The molecule has 5 heteroatoms. The molecule has 0 saturated heterocycles. The van der Waals surface area contributed by atoms with Crippen molar-refractivity contribution in [3.8, 4) is 5.75 Å². The van der Waals surface area contributed by atoms with Crippen LogP contribution in [0.15, 0.2) is 46.9 Å². The normalized spacial score (nSPS) is 18.8. The summed E-state index contributed by atoms with van der Waals surface area (Å²) in [6.07, 6.45) is 6.03. The molecule has 2 atom stereocenters. The van der Waals surface area contributed by atoms with Gasteiger partial charge < -0.3 is 25.5 Å². The molecule has 0 bridgehead atoms. The topological polar surface area (TPSA) is 26.3 Å². The summed E-state index contributed by atoms with van der Waals surface area (Å²) in [4.78, 5) is 12.3. The third-order valence-corrected chi connectivity index (χ3v) is 4.64. The van der Waals surface area contributed by atoms with Crippen molar-refractivity contribution in [1.82, 2.24) is 0 Å². The largest absolute Gasteiger partial charge is 3.00 e. The van der Waals surface area contributed by atoms with Gasteiger partial charge in [0.05, 0.1) is 6.61 Å². The van der Waals surface area contributed by atoms with E-state index in [-0.39, 0.29) is 51.7 Å². The number of carbonyl (C=O) groups is 1. The number of ether oxygens (including phenoxy) is 1. The van der Waals surface area contributed by atoms with Gasteiger partial charge >= 0.3 is 32.7 Å². The molecule has 2 aromatic carbocycles. The quantitative estimate of drug-likeness (QED) is 0.361. The number of halogens is 2. The Bertz CT molecular complexity index is 744. The van der Waals surface area contributed by atoms with Gasteiger partial charge in [0, 0.05) is 15.6 Å². The van der Waals surface area contributed by atoms with Crippen LogP contribution in [0.4, 0.5) is 4.39 Å². The zero-order chi connectivity index (χ0) is 17.8. The molecule has 4 rings (SSSR count). The van der Waals surface area contributed by atoms with E-state index in [1.54, 1.807) is 30.3 Å². The molecule has 2 aliphatic rings. The maximum Gasteiger partial charge on any atom is 3.00 e. The van der Waals surface area contributed by atoms with E-state index in [4.69, 9.17) is 4.74 Å². The number of carbonyl (C=O) groups excluding carboxylic acids is 1. The van der Waals surface area contributed by atoms with Crippen LogP contribution in [0.5, 0.6) is 5.75 Å². The summed E-state index contributed by atoms with van der Waals surface area (Å²) in [5.41, 5.74) is 0.836. The number of hydrogen-bond acceptors (Lipinski definition) is 2. The maximum atomic E-state index is 14.1. The van der Waals surface area contributed by atoms with Crippen molar-refractivity contribution in [2.24, 2.45) is 11.8 Å². The van der Waals surface area contributed by atoms with Crippen LogP contribution in [0.25, 0.3) is 0 Å². The molecule has 27 heavy (non-hydrogen) atoms. The van der Waals surface area contributed by atoms with E-state index in [1.807, 2.05) is 0 Å². The fraction of sp³-hybridized carbons (Fsp3) is 0.273. The SMILES string of the molecule is [CH-]1CC1.[CH2-][C@@H]1C[C@H]1COc1ccc(C(=O)c2ccc(Br)cc2)cc1F.[CH3-].[Y+3]. The van der Waals surface area contributed by atoms with E-state index in [0.717, 1.165) is 10.9 Å². The molecular weight excluding hydrogens is 484 g/mol. The number of rotatable bonds is 5. The molecule has 0 aliphatic heterocycles. The van der Waals surface area contributed by atoms with Crippen LogP contribution in [-0.2, 0) is 32.7 Å². The van der Waals surface area contributed by atoms with Crippen LogP contribution >= 0.6 is 15.9 Å². The fourth-order valence-corrected chi connectivity index (χ4v) is 2.50. The summed E-state index contributed by atoms with van der Waals surface area (Å²) < 4.78 is 20.4. The van der Waals surface area contributed by atoms with Gasteiger partial charge in [0.15, 0.2) is 17.3 Å². The average molecular weight is 507 g/mol. The molecule has 0 unspecified atom stereocenters. The van der Waals surface area contributed by atoms with Crippen LogP contribution in [0, 0.1) is 38.4 Å². The summed E-state index contributed by atoms with van der Waals surface area (Å²) in [6.45, 7) is 4.40. The van der Waals surface area contributed by atoms with E-state index in [2.05, 4.69) is 29.3 Å². The van der Waals surface area contributed by atoms with Gasteiger partial charge in [-0.3, -0.25) is 4.79 Å². The summed E-state index contributed by atoms with van der Waals surface area (Å²) in [5.74, 6) is 0.304. The summed E-state index contributed by atoms with van der Waals surface area (Å²) >= 11 is 3.32. The van der Waals surface area contributed by atoms with Crippen molar-refractivity contribution in [3.05, 3.63) is 84.7 Å². The van der Waals surface area contributed by atoms with Gasteiger partial charge in [-0.2, -0.15) is 5.92 Å². The zero-order valence-electron chi connectivity index (χ0n) is 15.5. The van der Waals surface area contributed by atoms with Crippen molar-refractivity contribution in [2.75, 3.05) is 6.61 Å². The van der Waals surface area contributed by atoms with Gasteiger partial charge in [0.1, 0.15) is 0 Å². The van der Waals surface area contributed by atoms with Crippen molar-refractivity contribution < 1.29 is 46.6 Å². The maximum absolute atomic E-state index is 14.1. The average Bonchev–Trinajstić information content (AvgIpc) is 3.51. The van der Waals surface area contributed by atoms with Gasteiger partial charge in [0.25, 0.3) is 0 Å². The second-order valence-electron chi connectivity index (χ2n) is 6.41. The molecule has 0 spiro atoms. The molecule has 0 heterocycles. The smallest absolute Gasteiger partial charge is 0.490 e. The van der Waals surface area contributed by atoms with E-state index in [0.29, 0.717) is 29.6 Å². The molecule has 2 saturated carbocycles. The third-order valence-electron chi connectivity index (χ3n) is 4.11. The summed E-state index contributed by atoms with van der Waals surface area (Å²) in [7, 11) is 0. The van der Waals surface area contributed by atoms with Crippen molar-refractivity contribution in [2.45, 2.75) is 19.3 Å². The number of ketones is 1. The van der Waals surface area contributed by atoms with Crippen molar-refractivity contribution >= 4 is 21.7 Å². The summed E-state index contributed by atoms with van der Waals surface area (Å²) in [6, 6.07) is 11.3. The molecule has 0 N–H and O–H groups in total. The second kappa shape index (κ2) is 11.4. The van der Waals surface area contributed by atoms with Gasteiger partial charge in [-0.15, -0.1) is 0 Å². The minimum absolute atomic E-state index is 0. The number of hydrogen-bond donors (Lipinski definition) is 0. The predicted octanol–water partition coefficient (Wildman–Crippen LogP) is 6.10. The first-order valence-corrected chi connectivity index (χ1v) is 9.21. The molecule has 2 aromatic rings. The van der Waals surface area contributed by atoms with Gasteiger partial charge in [-0.05, 0) is 48.4 Å².